The van der Waals surface area contributed by atoms with Gasteiger partial charge in [-0.05, 0) is 87.6 Å². The number of allylic oxidation sites excluding steroid dienone is 1. The molecule has 9 aromatic carbocycles. The average molecular weight is 1010 g/mol. The van der Waals surface area contributed by atoms with Gasteiger partial charge in [0, 0.05) is 11.1 Å². The molecule has 0 bridgehead atoms. The van der Waals surface area contributed by atoms with Crippen LogP contribution in [-0.4, -0.2) is 243 Å². The minimum atomic E-state index is 0.932. The predicted octanol–water partition coefficient (Wildman–Crippen LogP) is -37.8. The molecule has 9 aromatic rings. The molecule has 82 heavy (non-hydrogen) atoms. The van der Waals surface area contributed by atoms with Gasteiger partial charge < -0.3 is 0 Å². The lowest BCUT2D eigenvalue weighted by atomic mass is 9.55. The summed E-state index contributed by atoms with van der Waals surface area (Å²) in [6.45, 7) is 0. The summed E-state index contributed by atoms with van der Waals surface area (Å²) >= 11 is 0. The van der Waals surface area contributed by atoms with Crippen molar-refractivity contribution in [3.05, 3.63) is 16.6 Å². The van der Waals surface area contributed by atoms with Crippen LogP contribution >= 0.6 is 0 Å². The van der Waals surface area contributed by atoms with Crippen LogP contribution in [0.5, 0.6) is 0 Å². The molecule has 0 saturated carbocycles. The number of hydrogen-bond acceptors (Lipinski definition) is 0. The first-order valence-electron chi connectivity index (χ1n) is 30.6. The van der Waals surface area contributed by atoms with E-state index >= 15 is 0 Å². The highest BCUT2D eigenvalue weighted by molar-refractivity contribution is 6.78. The fraction of sp³-hybridized carbons (Fsp3) is 0.0196. The van der Waals surface area contributed by atoms with E-state index in [0.29, 0.717) is 0 Å². The predicted molar refractivity (Wildman–Crippen MR) is 472 cm³/mol. The van der Waals surface area contributed by atoms with Crippen LogP contribution < -0.4 is 153 Å². The maximum Gasteiger partial charge on any atom is 0.140 e. The van der Waals surface area contributed by atoms with Gasteiger partial charge in [-0.3, -0.25) is 0 Å². The second-order valence-corrected chi connectivity index (χ2v) is 26.2. The normalized spacial score (nSPS) is 11.9. The fourth-order valence-corrected chi connectivity index (χ4v) is 16.3. The topological polar surface area (TPSA) is 0 Å². The maximum atomic E-state index is 7.30. The molecule has 0 nitrogen and oxygen atoms in total. The molecule has 0 unspecified atom stereocenters. The van der Waals surface area contributed by atoms with E-state index in [-0.39, 0.29) is 0 Å². The third-order valence-corrected chi connectivity index (χ3v) is 23.2. The van der Waals surface area contributed by atoms with Crippen molar-refractivity contribution in [3.8, 4) is 56.9 Å². The van der Waals surface area contributed by atoms with E-state index in [4.69, 9.17) is 6.42 Å². The van der Waals surface area contributed by atoms with Gasteiger partial charge in [0.05, 0.1) is 0 Å². The summed E-state index contributed by atoms with van der Waals surface area (Å²) in [6.07, 6.45) is 8.24. The van der Waals surface area contributed by atoms with E-state index in [2.05, 4.69) is 249 Å². The van der Waals surface area contributed by atoms with Crippen LogP contribution in [0.2, 0.25) is 6.32 Å². The zero-order chi connectivity index (χ0) is 61.1. The Morgan fingerprint density at radius 2 is 0.427 bits per heavy atom. The molecule has 0 aliphatic heterocycles. The number of rotatable bonds is 6. The molecule has 362 valence electrons. The van der Waals surface area contributed by atoms with Crippen molar-refractivity contribution < 1.29 is 0 Å². The van der Waals surface area contributed by atoms with Gasteiger partial charge in [-0.2, -0.15) is 0 Å². The van der Waals surface area contributed by atoms with Crippen LogP contribution in [0.25, 0.3) is 93.1 Å². The number of fused-ring (bicyclic) bond motifs is 5. The molecule has 0 aliphatic rings. The summed E-state index contributed by atoms with van der Waals surface area (Å²) in [4.78, 5) is 0. The first-order valence-corrected chi connectivity index (χ1v) is 30.6. The first-order chi connectivity index (χ1) is 38.2. The van der Waals surface area contributed by atoms with Crippen molar-refractivity contribution in [2.75, 3.05) is 0 Å². The van der Waals surface area contributed by atoms with Gasteiger partial charge in [0.15, 0.2) is 0 Å². The van der Waals surface area contributed by atoms with Crippen LogP contribution in [-0.2, 0) is 0 Å². The van der Waals surface area contributed by atoms with Gasteiger partial charge in [-0.15, -0.1) is 50.1 Å². The number of benzene rings is 9. The first kappa shape index (κ1) is 61.9. The van der Waals surface area contributed by atoms with E-state index in [9.17, 15) is 0 Å². The van der Waals surface area contributed by atoms with E-state index in [1.165, 1.54) is 257 Å². The molecule has 0 radical (unpaired) electrons. The van der Waals surface area contributed by atoms with Crippen molar-refractivity contribution in [2.45, 2.75) is 6.32 Å². The van der Waals surface area contributed by atoms with Gasteiger partial charge in [0.2, 0.25) is 0 Å². The molecular formula is C51H65B31. The standard InChI is InChI=1S/C51H65B31/c1-2-4-6(13-24(55)15-11(27(58)31(13)62)12-16(35(66)34(15)65)25(56)18(36(67)28(12)59)22-43(74)49(80)51(82)50(81)44(22)75)9-10(30(61)46(77)45(76)29(9)60)8(7(4)23(54)5(53)3-52)14-32(63)38(69)20(39(70)33(14)64)17-26(57)19-21(40(71)37(17)68)42(73)48(79)47(78)41(19)72/h1H,3,52-82H2/b23-5-. The molecule has 31 heteroatoms. The lowest BCUT2D eigenvalue weighted by Gasteiger charge is -2.33. The highest BCUT2D eigenvalue weighted by Crippen LogP contribution is 2.42. The Hall–Kier alpha value is -4.67. The Bertz CT molecular complexity index is 4550. The molecule has 0 atom stereocenters. The SMILES string of the molecule is BC/C(B)=C(/B)c1c(C#C)c(-c2c(B)c(B)c3c(c2B)c(B)c(B)c2c(B)c(-c4c(B)c(B)c(B)c(B)c4B)c(B)c(B)c23)c2c(B)c(B)c(B)c(B)c2c1-c1c(B)c(B)c(-c2c(B)c(B)c3c(B)c(B)c(B)c(B)c3c2B)c(B)c1B. The largest absolute Gasteiger partial charge is 0.140 e. The van der Waals surface area contributed by atoms with Crippen LogP contribution in [0.4, 0.5) is 0 Å². The van der Waals surface area contributed by atoms with Gasteiger partial charge in [-0.25, -0.2) is 0 Å². The molecule has 9 rings (SSSR count). The van der Waals surface area contributed by atoms with Crippen molar-refractivity contribution in [1.29, 1.82) is 0 Å². The lowest BCUT2D eigenvalue weighted by Crippen LogP contribution is -2.56. The third-order valence-electron chi connectivity index (χ3n) is 23.2. The second kappa shape index (κ2) is 21.7. The Morgan fingerprint density at radius 1 is 0.232 bits per heavy atom. The Labute approximate surface area is 520 Å². The average Bonchev–Trinajstić information content (AvgIpc) is 2.89. The van der Waals surface area contributed by atoms with Gasteiger partial charge in [-0.1, -0.05) is 132 Å². The fourth-order valence-electron chi connectivity index (χ4n) is 16.3. The van der Waals surface area contributed by atoms with E-state index in [0.717, 1.165) is 11.9 Å². The molecule has 0 aromatic heterocycles. The zero-order valence-electron chi connectivity index (χ0n) is 56.8. The van der Waals surface area contributed by atoms with E-state index < -0.39 is 0 Å². The third kappa shape index (κ3) is 8.35. The molecule has 0 saturated heterocycles. The smallest absolute Gasteiger partial charge is 0.123 e. The van der Waals surface area contributed by atoms with E-state index in [1.807, 2.05) is 0 Å². The molecule has 0 heterocycles. The van der Waals surface area contributed by atoms with Crippen molar-refractivity contribution in [1.82, 2.24) is 0 Å². The highest BCUT2D eigenvalue weighted by atomic mass is 14.3. The van der Waals surface area contributed by atoms with E-state index in [1.54, 1.807) is 0 Å². The lowest BCUT2D eigenvalue weighted by molar-refractivity contribution is 1.59. The van der Waals surface area contributed by atoms with Crippen molar-refractivity contribution in [3.63, 3.8) is 0 Å². The zero-order valence-corrected chi connectivity index (χ0v) is 56.8. The molecule has 0 amide bonds. The van der Waals surface area contributed by atoms with Crippen LogP contribution in [0.15, 0.2) is 5.47 Å². The van der Waals surface area contributed by atoms with Crippen LogP contribution in [0, 0.1) is 12.3 Å². The summed E-state index contributed by atoms with van der Waals surface area (Å²) in [5.74, 6) is 3.58. The summed E-state index contributed by atoms with van der Waals surface area (Å²) in [6, 6.07) is 0. The molecule has 0 spiro atoms. The number of terminal acetylenes is 1. The Kier molecular flexibility index (Phi) is 16.4. The quantitative estimate of drug-likeness (QED) is 0.0885. The molecular weight excluding hydrogens is 948 g/mol. The number of hydrogen-bond donors (Lipinski definition) is 0. The molecule has 0 fully saturated rings. The maximum absolute atomic E-state index is 7.30. The van der Waals surface area contributed by atoms with Gasteiger partial charge in [0.1, 0.15) is 243 Å². The Morgan fingerprint density at radius 3 is 0.768 bits per heavy atom. The molecule has 0 aliphatic carbocycles. The van der Waals surface area contributed by atoms with Crippen molar-refractivity contribution >= 4 is 445 Å². The monoisotopic (exact) mass is 1020 g/mol. The van der Waals surface area contributed by atoms with Crippen LogP contribution in [0.1, 0.15) is 11.1 Å². The Balaban J connectivity index is 1.49. The summed E-state index contributed by atoms with van der Waals surface area (Å²) in [5.41, 5.74) is 53.8. The van der Waals surface area contributed by atoms with Crippen molar-refractivity contribution in [2.24, 2.45) is 0 Å². The minimum Gasteiger partial charge on any atom is -0.123 e. The summed E-state index contributed by atoms with van der Waals surface area (Å²) in [7, 11) is 73.3. The minimum absolute atomic E-state index is 0.932. The summed E-state index contributed by atoms with van der Waals surface area (Å²) in [5, 5.41) is 11.0. The van der Waals surface area contributed by atoms with Crippen LogP contribution in [0.3, 0.4) is 0 Å². The molecule has 0 N–H and O–H groups in total. The van der Waals surface area contributed by atoms with Gasteiger partial charge >= 0.3 is 0 Å². The summed E-state index contributed by atoms with van der Waals surface area (Å²) < 4.78 is 0. The van der Waals surface area contributed by atoms with Gasteiger partial charge in [0.25, 0.3) is 0 Å². The highest BCUT2D eigenvalue weighted by Gasteiger charge is 2.32. The second-order valence-electron chi connectivity index (χ2n) is 26.2.